The largest absolute Gasteiger partial charge is 0.350 e. The second-order valence-electron chi connectivity index (χ2n) is 8.34. The summed E-state index contributed by atoms with van der Waals surface area (Å²) < 4.78 is 2.04. The number of nitrogens with zero attached hydrogens (tertiary/aromatic N) is 1. The Kier molecular flexibility index (Phi) is 5.92. The van der Waals surface area contributed by atoms with E-state index in [1.54, 1.807) is 0 Å². The van der Waals surface area contributed by atoms with E-state index in [0.29, 0.717) is 13.1 Å². The van der Waals surface area contributed by atoms with E-state index in [0.717, 1.165) is 22.9 Å². The zero-order valence-corrected chi connectivity index (χ0v) is 18.5. The molecule has 3 N–H and O–H groups in total. The molecule has 4 nitrogen and oxygen atoms in total. The zero-order chi connectivity index (χ0) is 22.6. The maximum Gasteiger partial charge on any atom is 0.240 e. The second kappa shape index (κ2) is 9.31. The van der Waals surface area contributed by atoms with Crippen LogP contribution in [-0.4, -0.2) is 17.0 Å². The Labute approximate surface area is 193 Å². The molecule has 164 valence electrons. The molecule has 0 aliphatic heterocycles. The van der Waals surface area contributed by atoms with Crippen LogP contribution in [0.2, 0.25) is 0 Å². The first-order chi connectivity index (χ1) is 16.2. The fraction of sp³-hybridized carbons (Fsp3) is 0.138. The van der Waals surface area contributed by atoms with Gasteiger partial charge in [0.2, 0.25) is 5.91 Å². The van der Waals surface area contributed by atoms with Gasteiger partial charge < -0.3 is 15.6 Å². The lowest BCUT2D eigenvalue weighted by Gasteiger charge is -2.10. The predicted molar refractivity (Wildman–Crippen MR) is 136 cm³/mol. The van der Waals surface area contributed by atoms with Crippen LogP contribution in [0.3, 0.4) is 0 Å². The number of hydrogen-bond acceptors (Lipinski definition) is 2. The number of fused-ring (bicyclic) bond motifs is 2. The van der Waals surface area contributed by atoms with Crippen LogP contribution in [0.4, 0.5) is 0 Å². The minimum absolute atomic E-state index is 0.00631. The van der Waals surface area contributed by atoms with E-state index in [4.69, 9.17) is 5.73 Å². The second-order valence-corrected chi connectivity index (χ2v) is 8.34. The quantitative estimate of drug-likeness (QED) is 0.367. The number of nitrogens with two attached hydrogens (primary N) is 1. The molecule has 0 radical (unpaired) electrons. The van der Waals surface area contributed by atoms with E-state index in [1.165, 1.54) is 27.5 Å². The topological polar surface area (TPSA) is 60.0 Å². The van der Waals surface area contributed by atoms with Crippen LogP contribution in [0.25, 0.3) is 32.8 Å². The molecule has 0 fully saturated rings. The van der Waals surface area contributed by atoms with Crippen molar-refractivity contribution in [2.45, 2.75) is 19.5 Å². The van der Waals surface area contributed by atoms with Gasteiger partial charge in [-0.2, -0.15) is 0 Å². The van der Waals surface area contributed by atoms with Crippen LogP contribution in [0.5, 0.6) is 0 Å². The molecule has 0 saturated carbocycles. The van der Waals surface area contributed by atoms with Crippen molar-refractivity contribution >= 4 is 27.6 Å². The first kappa shape index (κ1) is 21.0. The molecule has 0 bridgehead atoms. The van der Waals surface area contributed by atoms with Crippen molar-refractivity contribution < 1.29 is 4.79 Å². The molecule has 1 aromatic heterocycles. The lowest BCUT2D eigenvalue weighted by molar-refractivity contribution is -0.121. The Morgan fingerprint density at radius 1 is 0.848 bits per heavy atom. The maximum atomic E-state index is 12.7. The lowest BCUT2D eigenvalue weighted by Crippen LogP contribution is -2.26. The number of aromatic nitrogens is 1. The van der Waals surface area contributed by atoms with Crippen LogP contribution in [0.15, 0.2) is 97.2 Å². The van der Waals surface area contributed by atoms with E-state index in [2.05, 4.69) is 72.2 Å². The highest BCUT2D eigenvalue weighted by molar-refractivity contribution is 5.99. The molecule has 5 aromatic rings. The predicted octanol–water partition coefficient (Wildman–Crippen LogP) is 5.28. The summed E-state index contributed by atoms with van der Waals surface area (Å²) in [6, 6.07) is 31.3. The van der Waals surface area contributed by atoms with Gasteiger partial charge >= 0.3 is 0 Å². The van der Waals surface area contributed by atoms with Gasteiger partial charge in [-0.15, -0.1) is 0 Å². The molecule has 1 heterocycles. The smallest absolute Gasteiger partial charge is 0.240 e. The molecule has 5 rings (SSSR count). The normalized spacial score (nSPS) is 11.2. The van der Waals surface area contributed by atoms with Crippen LogP contribution < -0.4 is 11.1 Å². The molecule has 1 amide bonds. The number of carbonyl (C=O) groups is 1. The molecule has 4 aromatic carbocycles. The Morgan fingerprint density at radius 3 is 2.48 bits per heavy atom. The van der Waals surface area contributed by atoms with Crippen LogP contribution in [-0.2, 0) is 24.3 Å². The summed E-state index contributed by atoms with van der Waals surface area (Å²) in [4.78, 5) is 12.7. The van der Waals surface area contributed by atoms with Gasteiger partial charge in [0.05, 0.1) is 0 Å². The number of benzene rings is 4. The van der Waals surface area contributed by atoms with Crippen molar-refractivity contribution in [2.24, 2.45) is 5.73 Å². The van der Waals surface area contributed by atoms with Crippen LogP contribution in [0, 0.1) is 0 Å². The van der Waals surface area contributed by atoms with E-state index >= 15 is 0 Å². The van der Waals surface area contributed by atoms with Crippen LogP contribution in [0.1, 0.15) is 11.1 Å². The van der Waals surface area contributed by atoms with Crippen molar-refractivity contribution in [3.05, 3.63) is 108 Å². The van der Waals surface area contributed by atoms with Crippen LogP contribution >= 0.6 is 0 Å². The van der Waals surface area contributed by atoms with Gasteiger partial charge in [0, 0.05) is 23.6 Å². The highest BCUT2D eigenvalue weighted by Crippen LogP contribution is 2.32. The minimum atomic E-state index is -0.00631. The summed E-state index contributed by atoms with van der Waals surface area (Å²) in [6.07, 6.45) is 2.85. The highest BCUT2D eigenvalue weighted by Gasteiger charge is 2.13. The maximum absolute atomic E-state index is 12.7. The van der Waals surface area contributed by atoms with Gasteiger partial charge in [-0.25, -0.2) is 0 Å². The number of nitrogens with one attached hydrogen (secondary N) is 1. The first-order valence-corrected chi connectivity index (χ1v) is 11.3. The molecular weight excluding hydrogens is 406 g/mol. The van der Waals surface area contributed by atoms with E-state index in [-0.39, 0.29) is 12.5 Å². The fourth-order valence-corrected chi connectivity index (χ4v) is 4.51. The van der Waals surface area contributed by atoms with Gasteiger partial charge in [0.25, 0.3) is 0 Å². The first-order valence-electron chi connectivity index (χ1n) is 11.3. The third-order valence-electron chi connectivity index (χ3n) is 6.12. The molecule has 33 heavy (non-hydrogen) atoms. The Morgan fingerprint density at radius 2 is 1.64 bits per heavy atom. The van der Waals surface area contributed by atoms with Gasteiger partial charge in [-0.05, 0) is 58.1 Å². The standard InChI is InChI=1S/C29H27N3O/c30-16-15-24-19-32(20-29(33)31-18-21-7-2-1-3-8-21)28-14-13-23(17-27(24)28)26-12-6-10-22-9-4-5-11-25(22)26/h1-14,17,19H,15-16,18,20,30H2,(H,31,33). The summed E-state index contributed by atoms with van der Waals surface area (Å²) in [6.45, 7) is 1.37. The molecule has 0 spiro atoms. The summed E-state index contributed by atoms with van der Waals surface area (Å²) in [5.74, 6) is -0.00631. The number of carbonyl (C=O) groups excluding carboxylic acids is 1. The number of rotatable bonds is 7. The fourth-order valence-electron chi connectivity index (χ4n) is 4.51. The summed E-state index contributed by atoms with van der Waals surface area (Å²) in [5.41, 5.74) is 11.6. The molecule has 0 unspecified atom stereocenters. The summed E-state index contributed by atoms with van der Waals surface area (Å²) in [7, 11) is 0. The van der Waals surface area contributed by atoms with Gasteiger partial charge in [-0.3, -0.25) is 4.79 Å². The average Bonchev–Trinajstić information content (AvgIpc) is 3.19. The highest BCUT2D eigenvalue weighted by atomic mass is 16.1. The lowest BCUT2D eigenvalue weighted by atomic mass is 9.96. The van der Waals surface area contributed by atoms with Gasteiger partial charge in [0.1, 0.15) is 6.54 Å². The van der Waals surface area contributed by atoms with Crippen molar-refractivity contribution in [3.8, 4) is 11.1 Å². The monoisotopic (exact) mass is 433 g/mol. The summed E-state index contributed by atoms with van der Waals surface area (Å²) in [5, 5.41) is 6.64. The average molecular weight is 434 g/mol. The van der Waals surface area contributed by atoms with E-state index < -0.39 is 0 Å². The van der Waals surface area contributed by atoms with Crippen molar-refractivity contribution in [1.29, 1.82) is 0 Å². The van der Waals surface area contributed by atoms with Gasteiger partial charge in [-0.1, -0.05) is 78.9 Å². The van der Waals surface area contributed by atoms with E-state index in [9.17, 15) is 4.79 Å². The molecular formula is C29H27N3O. The number of hydrogen-bond donors (Lipinski definition) is 2. The SMILES string of the molecule is NCCc1cn(CC(=O)NCc2ccccc2)c2ccc(-c3cccc4ccccc34)cc12. The third kappa shape index (κ3) is 4.38. The van der Waals surface area contributed by atoms with Crippen molar-refractivity contribution in [3.63, 3.8) is 0 Å². The minimum Gasteiger partial charge on any atom is -0.350 e. The van der Waals surface area contributed by atoms with E-state index in [1.807, 2.05) is 34.9 Å². The van der Waals surface area contributed by atoms with Crippen molar-refractivity contribution in [1.82, 2.24) is 9.88 Å². The zero-order valence-electron chi connectivity index (χ0n) is 18.5. The molecule has 0 aliphatic carbocycles. The Bertz CT molecular complexity index is 1410. The Balaban J connectivity index is 1.46. The van der Waals surface area contributed by atoms with Crippen molar-refractivity contribution in [2.75, 3.05) is 6.54 Å². The number of amides is 1. The summed E-state index contributed by atoms with van der Waals surface area (Å²) >= 11 is 0. The molecule has 0 atom stereocenters. The molecule has 0 saturated heterocycles. The molecule has 4 heteroatoms. The van der Waals surface area contributed by atoms with Gasteiger partial charge in [0.15, 0.2) is 0 Å². The Hall–Kier alpha value is -3.89. The third-order valence-corrected chi connectivity index (χ3v) is 6.12. The molecule has 0 aliphatic rings.